The first-order valence-corrected chi connectivity index (χ1v) is 10.4. The molecule has 2 N–H and O–H groups in total. The lowest BCUT2D eigenvalue weighted by Gasteiger charge is -2.16. The highest BCUT2D eigenvalue weighted by molar-refractivity contribution is 14.0. The monoisotopic (exact) mass is 490 g/mol. The third kappa shape index (κ3) is 8.37. The molecule has 0 spiro atoms. The summed E-state index contributed by atoms with van der Waals surface area (Å²) in [5, 5.41) is 6.36. The van der Waals surface area contributed by atoms with E-state index in [0.29, 0.717) is 39.4 Å². The zero-order chi connectivity index (χ0) is 17.3. The number of hydrogen-bond acceptors (Lipinski definition) is 5. The van der Waals surface area contributed by atoms with Gasteiger partial charge in [-0.1, -0.05) is 0 Å². The van der Waals surface area contributed by atoms with Crippen molar-refractivity contribution < 1.29 is 17.9 Å². The number of nitrogens with one attached hydrogen (secondary N) is 2. The lowest BCUT2D eigenvalue weighted by atomic mass is 10.3. The van der Waals surface area contributed by atoms with Crippen LogP contribution in [0.3, 0.4) is 0 Å². The summed E-state index contributed by atoms with van der Waals surface area (Å²) in [5.74, 6) is 0.992. The predicted molar refractivity (Wildman–Crippen MR) is 109 cm³/mol. The highest BCUT2D eigenvalue weighted by atomic mass is 127. The third-order valence-corrected chi connectivity index (χ3v) is 5.97. The molecule has 25 heavy (non-hydrogen) atoms. The number of hydrogen-bond donors (Lipinski definition) is 2. The SMILES string of the molecule is CCNC(=NCCCOC1CCOC1)NCCN1CCCS1(=O)=O.I. The molecule has 0 aromatic carbocycles. The van der Waals surface area contributed by atoms with Crippen LogP contribution < -0.4 is 10.6 Å². The second-order valence-corrected chi connectivity index (χ2v) is 8.05. The average Bonchev–Trinajstić information content (AvgIpc) is 3.17. The zero-order valence-corrected chi connectivity index (χ0v) is 18.1. The van der Waals surface area contributed by atoms with E-state index < -0.39 is 10.0 Å². The lowest BCUT2D eigenvalue weighted by molar-refractivity contribution is 0.0424. The van der Waals surface area contributed by atoms with Crippen molar-refractivity contribution in [3.05, 3.63) is 0 Å². The van der Waals surface area contributed by atoms with Crippen LogP contribution in [-0.4, -0.2) is 83.1 Å². The van der Waals surface area contributed by atoms with E-state index in [0.717, 1.165) is 38.4 Å². The van der Waals surface area contributed by atoms with E-state index in [-0.39, 0.29) is 35.8 Å². The van der Waals surface area contributed by atoms with Gasteiger partial charge in [0.25, 0.3) is 0 Å². The predicted octanol–water partition coefficient (Wildman–Crippen LogP) is 0.391. The molecule has 0 bridgehead atoms. The molecule has 1 unspecified atom stereocenters. The van der Waals surface area contributed by atoms with Crippen LogP contribution >= 0.6 is 24.0 Å². The smallest absolute Gasteiger partial charge is 0.214 e. The largest absolute Gasteiger partial charge is 0.379 e. The Hall–Kier alpha value is -0.170. The highest BCUT2D eigenvalue weighted by Gasteiger charge is 2.27. The van der Waals surface area contributed by atoms with Crippen molar-refractivity contribution in [2.45, 2.75) is 32.3 Å². The fraction of sp³-hybridized carbons (Fsp3) is 0.933. The summed E-state index contributed by atoms with van der Waals surface area (Å²) in [4.78, 5) is 4.49. The highest BCUT2D eigenvalue weighted by Crippen LogP contribution is 2.11. The summed E-state index contributed by atoms with van der Waals surface area (Å²) in [6.45, 7) is 7.29. The van der Waals surface area contributed by atoms with E-state index in [1.807, 2.05) is 6.92 Å². The Morgan fingerprint density at radius 1 is 1.40 bits per heavy atom. The van der Waals surface area contributed by atoms with Crippen molar-refractivity contribution in [3.8, 4) is 0 Å². The van der Waals surface area contributed by atoms with Gasteiger partial charge in [0.1, 0.15) is 0 Å². The van der Waals surface area contributed by atoms with Crippen molar-refractivity contribution in [1.29, 1.82) is 0 Å². The Labute approximate surface area is 168 Å². The van der Waals surface area contributed by atoms with E-state index >= 15 is 0 Å². The Bertz CT molecular complexity index is 498. The van der Waals surface area contributed by atoms with Crippen LogP contribution in [0.4, 0.5) is 0 Å². The van der Waals surface area contributed by atoms with Crippen LogP contribution in [0.5, 0.6) is 0 Å². The van der Waals surface area contributed by atoms with Gasteiger partial charge < -0.3 is 20.1 Å². The lowest BCUT2D eigenvalue weighted by Crippen LogP contribution is -2.42. The topological polar surface area (TPSA) is 92.3 Å². The second-order valence-electron chi connectivity index (χ2n) is 5.97. The third-order valence-electron chi connectivity index (χ3n) is 4.01. The Kier molecular flexibility index (Phi) is 11.2. The molecular formula is C15H31IN4O4S. The van der Waals surface area contributed by atoms with Crippen molar-refractivity contribution >= 4 is 40.0 Å². The first-order chi connectivity index (χ1) is 11.6. The normalized spacial score (nSPS) is 23.4. The molecule has 0 aromatic heterocycles. The molecule has 2 rings (SSSR count). The minimum absolute atomic E-state index is 0. The molecule has 8 nitrogen and oxygen atoms in total. The molecule has 148 valence electrons. The maximum Gasteiger partial charge on any atom is 0.214 e. The molecule has 0 saturated carbocycles. The number of guanidine groups is 1. The van der Waals surface area contributed by atoms with Crippen LogP contribution in [0, 0.1) is 0 Å². The average molecular weight is 490 g/mol. The fourth-order valence-corrected chi connectivity index (χ4v) is 4.26. The fourth-order valence-electron chi connectivity index (χ4n) is 2.73. The second kappa shape index (κ2) is 12.3. The van der Waals surface area contributed by atoms with Gasteiger partial charge >= 0.3 is 0 Å². The van der Waals surface area contributed by atoms with Crippen LogP contribution in [0.1, 0.15) is 26.2 Å². The number of halogens is 1. The van der Waals surface area contributed by atoms with Gasteiger partial charge in [-0.15, -0.1) is 24.0 Å². The zero-order valence-electron chi connectivity index (χ0n) is 14.9. The van der Waals surface area contributed by atoms with Crippen LogP contribution in [0.15, 0.2) is 4.99 Å². The van der Waals surface area contributed by atoms with Gasteiger partial charge in [-0.25, -0.2) is 12.7 Å². The summed E-state index contributed by atoms with van der Waals surface area (Å²) in [7, 11) is -3.02. The molecule has 2 fully saturated rings. The van der Waals surface area contributed by atoms with E-state index in [1.54, 1.807) is 4.31 Å². The summed E-state index contributed by atoms with van der Waals surface area (Å²) in [5.41, 5.74) is 0. The summed E-state index contributed by atoms with van der Waals surface area (Å²) in [6.07, 6.45) is 2.80. The van der Waals surface area contributed by atoms with E-state index in [2.05, 4.69) is 15.6 Å². The number of aliphatic imine (C=N–C) groups is 1. The van der Waals surface area contributed by atoms with Gasteiger partial charge in [0.2, 0.25) is 10.0 Å². The number of ether oxygens (including phenoxy) is 2. The Morgan fingerprint density at radius 3 is 2.88 bits per heavy atom. The minimum Gasteiger partial charge on any atom is -0.379 e. The number of rotatable bonds is 9. The van der Waals surface area contributed by atoms with Crippen molar-refractivity contribution in [2.24, 2.45) is 4.99 Å². The van der Waals surface area contributed by atoms with E-state index in [9.17, 15) is 8.42 Å². The maximum atomic E-state index is 11.7. The summed E-state index contributed by atoms with van der Waals surface area (Å²) in [6, 6.07) is 0. The molecule has 0 aliphatic carbocycles. The summed E-state index contributed by atoms with van der Waals surface area (Å²) < 4.78 is 36.0. The molecule has 2 aliphatic rings. The molecule has 2 saturated heterocycles. The van der Waals surface area contributed by atoms with Gasteiger partial charge in [-0.3, -0.25) is 4.99 Å². The van der Waals surface area contributed by atoms with E-state index in [4.69, 9.17) is 9.47 Å². The van der Waals surface area contributed by atoms with E-state index in [1.165, 1.54) is 0 Å². The molecule has 0 aromatic rings. The van der Waals surface area contributed by atoms with Gasteiger partial charge in [-0.05, 0) is 26.2 Å². The van der Waals surface area contributed by atoms with Crippen LogP contribution in [0.2, 0.25) is 0 Å². The standard InChI is InChI=1S/C15H30N4O4S.HI/c1-2-16-15(17-6-3-10-23-14-5-11-22-13-14)18-7-9-19-8-4-12-24(19,20)21;/h14H,2-13H2,1H3,(H2,16,17,18);1H. The van der Waals surface area contributed by atoms with Crippen molar-refractivity contribution in [1.82, 2.24) is 14.9 Å². The van der Waals surface area contributed by atoms with Gasteiger partial charge in [-0.2, -0.15) is 0 Å². The number of nitrogens with zero attached hydrogens (tertiary/aromatic N) is 2. The minimum atomic E-state index is -3.02. The molecular weight excluding hydrogens is 459 g/mol. The van der Waals surface area contributed by atoms with Crippen molar-refractivity contribution in [3.63, 3.8) is 0 Å². The molecule has 0 amide bonds. The maximum absolute atomic E-state index is 11.7. The van der Waals surface area contributed by atoms with Gasteiger partial charge in [0, 0.05) is 45.9 Å². The molecule has 2 aliphatic heterocycles. The van der Waals surface area contributed by atoms with Gasteiger partial charge in [0.05, 0.1) is 18.5 Å². The Morgan fingerprint density at radius 2 is 2.24 bits per heavy atom. The Balaban J connectivity index is 0.00000312. The quantitative estimate of drug-likeness (QED) is 0.210. The van der Waals surface area contributed by atoms with Crippen LogP contribution in [0.25, 0.3) is 0 Å². The summed E-state index contributed by atoms with van der Waals surface area (Å²) >= 11 is 0. The van der Waals surface area contributed by atoms with Gasteiger partial charge in [0.15, 0.2) is 5.96 Å². The first-order valence-electron chi connectivity index (χ1n) is 8.81. The molecule has 10 heteroatoms. The molecule has 2 heterocycles. The molecule has 1 atom stereocenters. The molecule has 0 radical (unpaired) electrons. The first kappa shape index (κ1) is 22.9. The van der Waals surface area contributed by atoms with Crippen molar-refractivity contribution in [2.75, 3.05) is 58.3 Å². The van der Waals surface area contributed by atoms with Crippen LogP contribution in [-0.2, 0) is 19.5 Å². The number of sulfonamides is 1.